The number of nitrogens with one attached hydrogen (secondary N) is 1. The molecule has 8 rings (SSSR count). The van der Waals surface area contributed by atoms with Crippen LogP contribution in [0.2, 0.25) is 0 Å². The SMILES string of the molecule is COB1n2c3ccc2C(c2ccccc2)=c2ccc(n21)=C(c1ccccc1)C1=NC(=C3Nc2ccc(N(C)C)cc2)C=C1. The first kappa shape index (κ1) is 25.4. The van der Waals surface area contributed by atoms with Crippen LogP contribution >= 0.6 is 0 Å². The van der Waals surface area contributed by atoms with Crippen molar-refractivity contribution >= 4 is 41.1 Å². The summed E-state index contributed by atoms with van der Waals surface area (Å²) in [5, 5.41) is 5.92. The van der Waals surface area contributed by atoms with Crippen LogP contribution in [0.3, 0.4) is 0 Å². The first-order valence-electron chi connectivity index (χ1n) is 14.5. The lowest BCUT2D eigenvalue weighted by Gasteiger charge is -2.28. The monoisotopic (exact) mass is 559 g/mol. The van der Waals surface area contributed by atoms with Gasteiger partial charge in [0.25, 0.3) is 0 Å². The van der Waals surface area contributed by atoms with E-state index < -0.39 is 7.19 Å². The van der Waals surface area contributed by atoms with E-state index in [1.165, 1.54) is 5.57 Å². The van der Waals surface area contributed by atoms with Crippen LogP contribution in [0.25, 0.3) is 16.8 Å². The van der Waals surface area contributed by atoms with E-state index in [4.69, 9.17) is 9.65 Å². The Morgan fingerprint density at radius 1 is 0.674 bits per heavy atom. The van der Waals surface area contributed by atoms with Gasteiger partial charge < -0.3 is 23.8 Å². The fourth-order valence-corrected chi connectivity index (χ4v) is 6.46. The molecule has 3 aliphatic heterocycles. The predicted octanol–water partition coefficient (Wildman–Crippen LogP) is 4.95. The third kappa shape index (κ3) is 3.96. The molecule has 0 amide bonds. The predicted molar refractivity (Wildman–Crippen MR) is 177 cm³/mol. The second-order valence-electron chi connectivity index (χ2n) is 11.1. The van der Waals surface area contributed by atoms with Crippen molar-refractivity contribution in [2.24, 2.45) is 4.99 Å². The maximum Gasteiger partial charge on any atom is 0.557 e. The molecule has 0 spiro atoms. The second-order valence-corrected chi connectivity index (χ2v) is 11.1. The van der Waals surface area contributed by atoms with Gasteiger partial charge in [-0.3, -0.25) is 0 Å². The lowest BCUT2D eigenvalue weighted by atomic mass is 9.89. The van der Waals surface area contributed by atoms with Gasteiger partial charge in [0, 0.05) is 60.1 Å². The lowest BCUT2D eigenvalue weighted by Crippen LogP contribution is -2.52. The molecule has 0 unspecified atom stereocenters. The highest BCUT2D eigenvalue weighted by Crippen LogP contribution is 2.34. The number of hydrogen-bond acceptors (Lipinski definition) is 4. The molecule has 0 radical (unpaired) electrons. The molecule has 4 bridgehead atoms. The molecular formula is C36H30BN5O. The van der Waals surface area contributed by atoms with E-state index in [0.717, 1.165) is 67.3 Å². The maximum atomic E-state index is 6.40. The Balaban J connectivity index is 1.48. The Hall–Kier alpha value is -5.27. The molecule has 0 fully saturated rings. The van der Waals surface area contributed by atoms with Crippen LogP contribution in [-0.2, 0) is 4.65 Å². The molecule has 5 heterocycles. The lowest BCUT2D eigenvalue weighted by molar-refractivity contribution is 0.396. The van der Waals surface area contributed by atoms with Crippen molar-refractivity contribution in [3.63, 3.8) is 0 Å². The van der Waals surface area contributed by atoms with E-state index in [2.05, 4.69) is 155 Å². The Morgan fingerprint density at radius 3 is 1.95 bits per heavy atom. The average molecular weight is 559 g/mol. The van der Waals surface area contributed by atoms with Crippen LogP contribution in [0.15, 0.2) is 132 Å². The first-order valence-corrected chi connectivity index (χ1v) is 14.5. The number of aromatic nitrogens is 2. The number of fused-ring (bicyclic) bond motifs is 1. The summed E-state index contributed by atoms with van der Waals surface area (Å²) in [6.07, 6.45) is 4.25. The van der Waals surface area contributed by atoms with Gasteiger partial charge in [-0.25, -0.2) is 4.99 Å². The third-order valence-electron chi connectivity index (χ3n) is 8.44. The van der Waals surface area contributed by atoms with Crippen molar-refractivity contribution in [1.29, 1.82) is 0 Å². The van der Waals surface area contributed by atoms with Gasteiger partial charge in [0.15, 0.2) is 0 Å². The Labute approximate surface area is 251 Å². The van der Waals surface area contributed by atoms with Crippen molar-refractivity contribution in [3.8, 4) is 0 Å². The van der Waals surface area contributed by atoms with Gasteiger partial charge in [-0.2, -0.15) is 0 Å². The van der Waals surface area contributed by atoms with Gasteiger partial charge in [0.1, 0.15) is 0 Å². The summed E-state index contributed by atoms with van der Waals surface area (Å²) >= 11 is 0. The van der Waals surface area contributed by atoms with Crippen LogP contribution in [0.5, 0.6) is 0 Å². The zero-order valence-corrected chi connectivity index (χ0v) is 24.3. The van der Waals surface area contributed by atoms with Gasteiger partial charge in [0.05, 0.1) is 22.8 Å². The number of hydrogen-bond donors (Lipinski definition) is 1. The van der Waals surface area contributed by atoms with Crippen molar-refractivity contribution < 1.29 is 4.65 Å². The van der Waals surface area contributed by atoms with E-state index in [0.29, 0.717) is 0 Å². The molecule has 0 atom stereocenters. The molecule has 1 N–H and O–H groups in total. The van der Waals surface area contributed by atoms with Crippen LogP contribution in [0, 0.1) is 0 Å². The average Bonchev–Trinajstić information content (AvgIpc) is 3.80. The molecule has 3 aliphatic rings. The van der Waals surface area contributed by atoms with Gasteiger partial charge in [0.2, 0.25) is 0 Å². The Kier molecular flexibility index (Phi) is 5.88. The van der Waals surface area contributed by atoms with Crippen molar-refractivity contribution in [3.05, 3.63) is 160 Å². The zero-order valence-electron chi connectivity index (χ0n) is 24.3. The molecule has 6 nitrogen and oxygen atoms in total. The topological polar surface area (TPSA) is 46.7 Å². The molecule has 3 aromatic carbocycles. The number of nitrogens with zero attached hydrogens (tertiary/aromatic N) is 4. The van der Waals surface area contributed by atoms with Crippen molar-refractivity contribution in [1.82, 2.24) is 8.96 Å². The number of allylic oxidation sites excluding steroid dienone is 2. The minimum atomic E-state index is -0.405. The van der Waals surface area contributed by atoms with E-state index >= 15 is 0 Å². The van der Waals surface area contributed by atoms with Crippen LogP contribution in [0.4, 0.5) is 11.4 Å². The molecular weight excluding hydrogens is 529 g/mol. The minimum Gasteiger partial charge on any atom is -0.400 e. The normalized spacial score (nSPS) is 14.8. The number of anilines is 2. The minimum absolute atomic E-state index is 0.405. The Morgan fingerprint density at radius 2 is 1.30 bits per heavy atom. The summed E-state index contributed by atoms with van der Waals surface area (Å²) in [6, 6.07) is 38.5. The van der Waals surface area contributed by atoms with Crippen LogP contribution in [0.1, 0.15) is 22.5 Å². The van der Waals surface area contributed by atoms with E-state index in [1.807, 2.05) is 0 Å². The number of aliphatic imine (C=N–C) groups is 1. The fourth-order valence-electron chi connectivity index (χ4n) is 6.46. The molecule has 0 saturated heterocycles. The summed E-state index contributed by atoms with van der Waals surface area (Å²) in [4.78, 5) is 7.37. The van der Waals surface area contributed by atoms with Gasteiger partial charge in [-0.15, -0.1) is 0 Å². The van der Waals surface area contributed by atoms with E-state index in [9.17, 15) is 0 Å². The quantitative estimate of drug-likeness (QED) is 0.300. The molecule has 2 aromatic heterocycles. The summed E-state index contributed by atoms with van der Waals surface area (Å²) in [7, 11) is 5.49. The molecule has 43 heavy (non-hydrogen) atoms. The van der Waals surface area contributed by atoms with Crippen molar-refractivity contribution in [2.75, 3.05) is 31.4 Å². The number of benzene rings is 3. The van der Waals surface area contributed by atoms with E-state index in [1.54, 1.807) is 7.11 Å². The van der Waals surface area contributed by atoms with Crippen molar-refractivity contribution in [2.45, 2.75) is 0 Å². The molecule has 0 saturated carbocycles. The molecule has 208 valence electrons. The molecule has 0 aliphatic carbocycles. The highest BCUT2D eigenvalue weighted by Gasteiger charge is 2.37. The van der Waals surface area contributed by atoms with Gasteiger partial charge in [-0.05, 0) is 71.8 Å². The van der Waals surface area contributed by atoms with Gasteiger partial charge >= 0.3 is 7.19 Å². The summed E-state index contributed by atoms with van der Waals surface area (Å²) in [5.74, 6) is 0. The Bertz CT molecular complexity index is 2100. The second kappa shape index (κ2) is 9.93. The van der Waals surface area contributed by atoms with Crippen LogP contribution < -0.4 is 20.9 Å². The highest BCUT2D eigenvalue weighted by atomic mass is 16.4. The number of rotatable bonds is 6. The van der Waals surface area contributed by atoms with E-state index in [-0.39, 0.29) is 0 Å². The summed E-state index contributed by atoms with van der Waals surface area (Å²) in [5.41, 5.74) is 11.5. The molecule has 5 aromatic rings. The van der Waals surface area contributed by atoms with Gasteiger partial charge in [-0.1, -0.05) is 60.7 Å². The summed E-state index contributed by atoms with van der Waals surface area (Å²) in [6.45, 7) is 0. The largest absolute Gasteiger partial charge is 0.557 e. The first-order chi connectivity index (χ1) is 21.1. The fraction of sp³-hybridized carbons (Fsp3) is 0.0833. The summed E-state index contributed by atoms with van der Waals surface area (Å²) < 4.78 is 11.0. The standard InChI is InChI=1S/C36H30BN5O/c1-40(2)27-16-14-26(15-17-27)38-36-29-19-18-28(39-29)34(24-10-6-4-7-11-24)30-20-21-31-35(25-12-8-5-9-13-25)32-22-23-33(36)42(32)37(43-3)41(30)31/h4-23,38H,1-3H3. The maximum absolute atomic E-state index is 6.40. The third-order valence-corrected chi connectivity index (χ3v) is 8.44. The highest BCUT2D eigenvalue weighted by molar-refractivity contribution is 6.50. The zero-order chi connectivity index (χ0) is 29.1. The molecule has 7 heteroatoms. The van der Waals surface area contributed by atoms with Crippen LogP contribution in [-0.4, -0.2) is 43.1 Å². The smallest absolute Gasteiger partial charge is 0.400 e.